The van der Waals surface area contributed by atoms with Crippen LogP contribution in [-0.2, 0) is 0 Å². The average molecular weight is 207 g/mol. The molecule has 1 aliphatic rings. The molecule has 3 nitrogen and oxygen atoms in total. The number of hydrogen-bond acceptors (Lipinski definition) is 3. The number of nitrogens with two attached hydrogens (primary N) is 1. The zero-order valence-corrected chi connectivity index (χ0v) is 9.46. The molecule has 0 unspecified atom stereocenters. The summed E-state index contributed by atoms with van der Waals surface area (Å²) in [4.78, 5) is 0. The van der Waals surface area contributed by atoms with Crippen LogP contribution in [0.1, 0.15) is 18.1 Å². The average Bonchev–Trinajstić information content (AvgIpc) is 2.24. The molecule has 2 N–H and O–H groups in total. The number of benzene rings is 1. The largest absolute Gasteiger partial charge is 0.485 e. The topological polar surface area (TPSA) is 44.5 Å². The van der Waals surface area contributed by atoms with Crippen LogP contribution in [-0.4, -0.2) is 18.8 Å². The van der Waals surface area contributed by atoms with Crippen LogP contribution in [0.3, 0.4) is 0 Å². The van der Waals surface area contributed by atoms with Crippen LogP contribution in [0.2, 0.25) is 0 Å². The molecule has 1 heterocycles. The molecule has 1 aliphatic heterocycles. The van der Waals surface area contributed by atoms with E-state index in [9.17, 15) is 0 Å². The van der Waals surface area contributed by atoms with Gasteiger partial charge in [-0.2, -0.15) is 0 Å². The second kappa shape index (κ2) is 3.42. The van der Waals surface area contributed by atoms with Crippen molar-refractivity contribution in [3.8, 4) is 11.5 Å². The Morgan fingerprint density at radius 3 is 2.47 bits per heavy atom. The molecule has 0 spiro atoms. The Labute approximate surface area is 90.2 Å². The summed E-state index contributed by atoms with van der Waals surface area (Å²) in [6, 6.07) is 4.09. The normalized spacial score (nSPS) is 24.0. The van der Waals surface area contributed by atoms with Crippen LogP contribution < -0.4 is 15.2 Å². The van der Waals surface area contributed by atoms with Crippen molar-refractivity contribution in [2.75, 3.05) is 13.2 Å². The van der Waals surface area contributed by atoms with Gasteiger partial charge in [-0.05, 0) is 31.9 Å². The molecule has 1 atom stereocenters. The maximum Gasteiger partial charge on any atom is 0.165 e. The zero-order valence-electron chi connectivity index (χ0n) is 9.46. The number of fused-ring (bicyclic) bond motifs is 1. The summed E-state index contributed by atoms with van der Waals surface area (Å²) in [5.74, 6) is 1.70. The van der Waals surface area contributed by atoms with Gasteiger partial charge in [0.25, 0.3) is 0 Å². The lowest BCUT2D eigenvalue weighted by Gasteiger charge is -2.36. The first-order valence-corrected chi connectivity index (χ1v) is 5.18. The fraction of sp³-hybridized carbons (Fsp3) is 0.500. The molecule has 0 amide bonds. The van der Waals surface area contributed by atoms with Crippen LogP contribution in [0.15, 0.2) is 12.1 Å². The quantitative estimate of drug-likeness (QED) is 0.763. The van der Waals surface area contributed by atoms with Crippen molar-refractivity contribution in [1.29, 1.82) is 0 Å². The number of rotatable bonds is 1. The Bertz CT molecular complexity index is 389. The van der Waals surface area contributed by atoms with Gasteiger partial charge in [0, 0.05) is 6.54 Å². The fourth-order valence-corrected chi connectivity index (χ4v) is 1.67. The van der Waals surface area contributed by atoms with E-state index in [1.54, 1.807) is 0 Å². The van der Waals surface area contributed by atoms with Crippen molar-refractivity contribution in [2.24, 2.45) is 5.73 Å². The van der Waals surface area contributed by atoms with Gasteiger partial charge in [-0.1, -0.05) is 12.1 Å². The zero-order chi connectivity index (χ0) is 11.1. The highest BCUT2D eigenvalue weighted by Gasteiger charge is 2.33. The van der Waals surface area contributed by atoms with E-state index >= 15 is 0 Å². The molecule has 2 rings (SSSR count). The second-order valence-corrected chi connectivity index (χ2v) is 4.40. The lowest BCUT2D eigenvalue weighted by atomic mass is 10.0. The monoisotopic (exact) mass is 207 g/mol. The van der Waals surface area contributed by atoms with Gasteiger partial charge in [0.15, 0.2) is 17.1 Å². The predicted molar refractivity (Wildman–Crippen MR) is 59.5 cm³/mol. The van der Waals surface area contributed by atoms with Gasteiger partial charge in [0.2, 0.25) is 0 Å². The molecular weight excluding hydrogens is 190 g/mol. The van der Waals surface area contributed by atoms with Crippen LogP contribution >= 0.6 is 0 Å². The van der Waals surface area contributed by atoms with Crippen molar-refractivity contribution in [2.45, 2.75) is 26.4 Å². The Hall–Kier alpha value is -1.22. The smallest absolute Gasteiger partial charge is 0.165 e. The fourth-order valence-electron chi connectivity index (χ4n) is 1.67. The summed E-state index contributed by atoms with van der Waals surface area (Å²) in [5.41, 5.74) is 7.48. The summed E-state index contributed by atoms with van der Waals surface area (Å²) >= 11 is 0. The molecule has 0 saturated carbocycles. The van der Waals surface area contributed by atoms with Gasteiger partial charge >= 0.3 is 0 Å². The number of aryl methyl sites for hydroxylation is 2. The van der Waals surface area contributed by atoms with Crippen LogP contribution in [0.25, 0.3) is 0 Å². The maximum atomic E-state index is 5.93. The van der Waals surface area contributed by atoms with Crippen molar-refractivity contribution in [1.82, 2.24) is 0 Å². The highest BCUT2D eigenvalue weighted by molar-refractivity contribution is 5.52. The van der Waals surface area contributed by atoms with Gasteiger partial charge in [-0.25, -0.2) is 0 Å². The van der Waals surface area contributed by atoms with Crippen LogP contribution in [0.4, 0.5) is 0 Å². The first kappa shape index (κ1) is 10.3. The summed E-state index contributed by atoms with van der Waals surface area (Å²) < 4.78 is 11.7. The summed E-state index contributed by atoms with van der Waals surface area (Å²) in [5, 5.41) is 0. The minimum Gasteiger partial charge on any atom is -0.485 e. The standard InChI is InChI=1S/C12H17NO2/c1-8-4-5-9(2)11-10(8)14-7-12(3,6-13)15-11/h4-5H,6-7,13H2,1-3H3/t12-/m0/s1. The molecule has 0 saturated heterocycles. The predicted octanol–water partition coefficient (Wildman–Crippen LogP) is 1.79. The third-order valence-electron chi connectivity index (χ3n) is 2.81. The van der Waals surface area contributed by atoms with Gasteiger partial charge < -0.3 is 15.2 Å². The number of hydrogen-bond donors (Lipinski definition) is 1. The van der Waals surface area contributed by atoms with Gasteiger partial charge in [0.05, 0.1) is 0 Å². The lowest BCUT2D eigenvalue weighted by molar-refractivity contribution is 0.0122. The third kappa shape index (κ3) is 1.67. The molecule has 0 aromatic heterocycles. The molecule has 15 heavy (non-hydrogen) atoms. The van der Waals surface area contributed by atoms with Gasteiger partial charge in [0.1, 0.15) is 6.61 Å². The molecular formula is C12H17NO2. The molecule has 1 aromatic rings. The summed E-state index contributed by atoms with van der Waals surface area (Å²) in [6.45, 7) is 6.98. The highest BCUT2D eigenvalue weighted by atomic mass is 16.6. The van der Waals surface area contributed by atoms with Gasteiger partial charge in [-0.15, -0.1) is 0 Å². The second-order valence-electron chi connectivity index (χ2n) is 4.40. The molecule has 0 aliphatic carbocycles. The van der Waals surface area contributed by atoms with Gasteiger partial charge in [-0.3, -0.25) is 0 Å². The summed E-state index contributed by atoms with van der Waals surface area (Å²) in [7, 11) is 0. The van der Waals surface area contributed by atoms with E-state index in [2.05, 4.69) is 0 Å². The Kier molecular flexibility index (Phi) is 2.35. The Morgan fingerprint density at radius 2 is 1.87 bits per heavy atom. The maximum absolute atomic E-state index is 5.93. The lowest BCUT2D eigenvalue weighted by Crippen LogP contribution is -2.48. The van der Waals surface area contributed by atoms with E-state index in [0.717, 1.165) is 22.6 Å². The van der Waals surface area contributed by atoms with E-state index in [-0.39, 0.29) is 0 Å². The molecule has 0 radical (unpaired) electrons. The van der Waals surface area contributed by atoms with Crippen molar-refractivity contribution >= 4 is 0 Å². The minimum absolute atomic E-state index is 0.397. The Morgan fingerprint density at radius 1 is 1.27 bits per heavy atom. The minimum atomic E-state index is -0.397. The van der Waals surface area contributed by atoms with Crippen LogP contribution in [0.5, 0.6) is 11.5 Å². The molecule has 82 valence electrons. The van der Waals surface area contributed by atoms with E-state index in [1.807, 2.05) is 32.9 Å². The van der Waals surface area contributed by atoms with Crippen molar-refractivity contribution in [3.05, 3.63) is 23.3 Å². The molecule has 0 bridgehead atoms. The van der Waals surface area contributed by atoms with Crippen molar-refractivity contribution < 1.29 is 9.47 Å². The molecule has 0 fully saturated rings. The van der Waals surface area contributed by atoms with E-state index < -0.39 is 5.60 Å². The first-order valence-electron chi connectivity index (χ1n) is 5.18. The molecule has 1 aromatic carbocycles. The van der Waals surface area contributed by atoms with E-state index in [0.29, 0.717) is 13.2 Å². The van der Waals surface area contributed by atoms with Crippen molar-refractivity contribution in [3.63, 3.8) is 0 Å². The SMILES string of the molecule is Cc1ccc(C)c2c1OC[C@](C)(CN)O2. The van der Waals surface area contributed by atoms with E-state index in [4.69, 9.17) is 15.2 Å². The third-order valence-corrected chi connectivity index (χ3v) is 2.81. The molecule has 3 heteroatoms. The highest BCUT2D eigenvalue weighted by Crippen LogP contribution is 2.40. The Balaban J connectivity index is 2.45. The van der Waals surface area contributed by atoms with Crippen LogP contribution in [0, 0.1) is 13.8 Å². The summed E-state index contributed by atoms with van der Waals surface area (Å²) in [6.07, 6.45) is 0. The number of ether oxygens (including phenoxy) is 2. The van der Waals surface area contributed by atoms with E-state index in [1.165, 1.54) is 0 Å². The first-order chi connectivity index (χ1) is 7.06.